The third-order valence-electron chi connectivity index (χ3n) is 3.43. The van der Waals surface area contributed by atoms with Gasteiger partial charge in [-0.05, 0) is 12.0 Å². The van der Waals surface area contributed by atoms with Gasteiger partial charge in [0, 0.05) is 23.5 Å². The summed E-state index contributed by atoms with van der Waals surface area (Å²) in [6.07, 6.45) is 0. The number of aromatic carboxylic acids is 1. The highest BCUT2D eigenvalue weighted by Crippen LogP contribution is 2.26. The van der Waals surface area contributed by atoms with E-state index in [0.717, 1.165) is 5.39 Å². The smallest absolute Gasteiger partial charge is 0.372 e. The fourth-order valence-corrected chi connectivity index (χ4v) is 2.19. The molecule has 0 aliphatic rings. The predicted octanol–water partition coefficient (Wildman–Crippen LogP) is 2.24. The first-order chi connectivity index (χ1) is 9.54. The molecule has 5 nitrogen and oxygen atoms in total. The van der Waals surface area contributed by atoms with Crippen LogP contribution in [0.25, 0.3) is 11.0 Å². The molecular weight excluding hydrogens is 258 g/mol. The Balaban J connectivity index is 2.32. The van der Waals surface area contributed by atoms with Crippen molar-refractivity contribution >= 4 is 16.9 Å². The Hall–Kier alpha value is -1.85. The van der Waals surface area contributed by atoms with Gasteiger partial charge in [0.05, 0.1) is 6.61 Å². The number of hydrogen-bond donors (Lipinski definition) is 3. The number of aliphatic hydroxyl groups excluding tert-OH is 1. The summed E-state index contributed by atoms with van der Waals surface area (Å²) in [6.45, 7) is 4.36. The minimum Gasteiger partial charge on any atom is -0.475 e. The lowest BCUT2D eigenvalue weighted by atomic mass is 10.0. The number of para-hydroxylation sites is 1. The molecule has 5 heteroatoms. The lowest BCUT2D eigenvalue weighted by Crippen LogP contribution is -2.36. The average Bonchev–Trinajstić information content (AvgIpc) is 2.78. The number of nitrogens with one attached hydrogen (secondary N) is 1. The zero-order valence-electron chi connectivity index (χ0n) is 11.6. The second kappa shape index (κ2) is 6.07. The van der Waals surface area contributed by atoms with Crippen LogP contribution in [0.4, 0.5) is 0 Å². The van der Waals surface area contributed by atoms with Gasteiger partial charge < -0.3 is 19.9 Å². The SMILES string of the molecule is CC(C)C(CO)NCc1c(C(=O)O)oc2ccccc12. The van der Waals surface area contributed by atoms with E-state index in [4.69, 9.17) is 4.42 Å². The van der Waals surface area contributed by atoms with Crippen LogP contribution < -0.4 is 5.32 Å². The first kappa shape index (κ1) is 14.6. The molecule has 2 aromatic rings. The maximum atomic E-state index is 11.3. The summed E-state index contributed by atoms with van der Waals surface area (Å²) >= 11 is 0. The number of furan rings is 1. The van der Waals surface area contributed by atoms with Crippen LogP contribution in [0.1, 0.15) is 30.0 Å². The van der Waals surface area contributed by atoms with Gasteiger partial charge in [-0.25, -0.2) is 4.79 Å². The molecule has 0 bridgehead atoms. The fourth-order valence-electron chi connectivity index (χ4n) is 2.19. The van der Waals surface area contributed by atoms with Crippen molar-refractivity contribution in [2.75, 3.05) is 6.61 Å². The van der Waals surface area contributed by atoms with Crippen LogP contribution in [0.15, 0.2) is 28.7 Å². The summed E-state index contributed by atoms with van der Waals surface area (Å²) < 4.78 is 5.38. The first-order valence-corrected chi connectivity index (χ1v) is 6.62. The maximum Gasteiger partial charge on any atom is 0.372 e. The molecule has 108 valence electrons. The highest BCUT2D eigenvalue weighted by Gasteiger charge is 2.21. The molecule has 1 atom stereocenters. The van der Waals surface area contributed by atoms with Crippen LogP contribution in [0.2, 0.25) is 0 Å². The molecule has 0 fully saturated rings. The van der Waals surface area contributed by atoms with Crippen LogP contribution in [0, 0.1) is 5.92 Å². The second-order valence-corrected chi connectivity index (χ2v) is 5.13. The van der Waals surface area contributed by atoms with Crippen molar-refractivity contribution in [3.8, 4) is 0 Å². The maximum absolute atomic E-state index is 11.3. The average molecular weight is 277 g/mol. The predicted molar refractivity (Wildman–Crippen MR) is 75.7 cm³/mol. The molecule has 0 aliphatic carbocycles. The number of carboxylic acid groups (broad SMARTS) is 1. The number of rotatable bonds is 6. The molecule has 3 N–H and O–H groups in total. The van der Waals surface area contributed by atoms with Crippen molar-refractivity contribution < 1.29 is 19.4 Å². The molecule has 0 spiro atoms. The normalized spacial score (nSPS) is 13.0. The molecule has 2 rings (SSSR count). The highest BCUT2D eigenvalue weighted by molar-refractivity contribution is 5.95. The molecule has 0 saturated carbocycles. The van der Waals surface area contributed by atoms with Gasteiger partial charge in [-0.1, -0.05) is 32.0 Å². The monoisotopic (exact) mass is 277 g/mol. The van der Waals surface area contributed by atoms with Gasteiger partial charge in [0.1, 0.15) is 5.58 Å². The number of carbonyl (C=O) groups is 1. The summed E-state index contributed by atoms with van der Waals surface area (Å²) in [5.74, 6) is -0.867. The molecule has 1 unspecified atom stereocenters. The Labute approximate surface area is 117 Å². The van der Waals surface area contributed by atoms with Crippen molar-refractivity contribution in [1.29, 1.82) is 0 Å². The highest BCUT2D eigenvalue weighted by atomic mass is 16.4. The summed E-state index contributed by atoms with van der Waals surface area (Å²) in [6, 6.07) is 7.16. The summed E-state index contributed by atoms with van der Waals surface area (Å²) in [7, 11) is 0. The number of fused-ring (bicyclic) bond motifs is 1. The largest absolute Gasteiger partial charge is 0.475 e. The van der Waals surface area contributed by atoms with Crippen molar-refractivity contribution in [2.45, 2.75) is 26.4 Å². The van der Waals surface area contributed by atoms with Crippen LogP contribution in [-0.4, -0.2) is 28.8 Å². The van der Waals surface area contributed by atoms with Gasteiger partial charge >= 0.3 is 5.97 Å². The molecule has 1 heterocycles. The number of hydrogen-bond acceptors (Lipinski definition) is 4. The number of aliphatic hydroxyl groups is 1. The van der Waals surface area contributed by atoms with E-state index in [9.17, 15) is 15.0 Å². The molecule has 1 aromatic carbocycles. The van der Waals surface area contributed by atoms with Crippen LogP contribution in [0.5, 0.6) is 0 Å². The molecule has 0 radical (unpaired) electrons. The van der Waals surface area contributed by atoms with E-state index in [0.29, 0.717) is 17.7 Å². The first-order valence-electron chi connectivity index (χ1n) is 6.62. The zero-order valence-corrected chi connectivity index (χ0v) is 11.6. The molecule has 0 aliphatic heterocycles. The summed E-state index contributed by atoms with van der Waals surface area (Å²) in [5, 5.41) is 22.5. The standard InChI is InChI=1S/C15H19NO4/c1-9(2)12(8-17)16-7-11-10-5-3-4-6-13(10)20-14(11)15(18)19/h3-6,9,12,16-17H,7-8H2,1-2H3,(H,18,19). The van der Waals surface area contributed by atoms with Gasteiger partial charge in [0.2, 0.25) is 5.76 Å². The van der Waals surface area contributed by atoms with Crippen LogP contribution >= 0.6 is 0 Å². The second-order valence-electron chi connectivity index (χ2n) is 5.13. The van der Waals surface area contributed by atoms with E-state index in [-0.39, 0.29) is 24.3 Å². The van der Waals surface area contributed by atoms with E-state index in [1.165, 1.54) is 0 Å². The van der Waals surface area contributed by atoms with Gasteiger partial charge in [-0.2, -0.15) is 0 Å². The number of carboxylic acids is 1. The van der Waals surface area contributed by atoms with Gasteiger partial charge in [0.25, 0.3) is 0 Å². The van der Waals surface area contributed by atoms with Gasteiger partial charge in [-0.3, -0.25) is 0 Å². The van der Waals surface area contributed by atoms with Crippen molar-refractivity contribution in [3.05, 3.63) is 35.6 Å². The minimum atomic E-state index is -1.08. The molecule has 0 amide bonds. The van der Waals surface area contributed by atoms with Crippen molar-refractivity contribution in [1.82, 2.24) is 5.32 Å². The van der Waals surface area contributed by atoms with Crippen molar-refractivity contribution in [2.24, 2.45) is 5.92 Å². The van der Waals surface area contributed by atoms with Crippen LogP contribution in [0.3, 0.4) is 0 Å². The van der Waals surface area contributed by atoms with E-state index < -0.39 is 5.97 Å². The Morgan fingerprint density at radius 3 is 2.65 bits per heavy atom. The van der Waals surface area contributed by atoms with E-state index in [1.807, 2.05) is 26.0 Å². The lowest BCUT2D eigenvalue weighted by molar-refractivity contribution is 0.0663. The topological polar surface area (TPSA) is 82.7 Å². The summed E-state index contributed by atoms with van der Waals surface area (Å²) in [4.78, 5) is 11.3. The molecule has 0 saturated heterocycles. The Morgan fingerprint density at radius 1 is 1.35 bits per heavy atom. The van der Waals surface area contributed by atoms with E-state index in [2.05, 4.69) is 5.32 Å². The number of benzene rings is 1. The third kappa shape index (κ3) is 2.84. The summed E-state index contributed by atoms with van der Waals surface area (Å²) in [5.41, 5.74) is 1.18. The molecule has 20 heavy (non-hydrogen) atoms. The fraction of sp³-hybridized carbons (Fsp3) is 0.400. The quantitative estimate of drug-likeness (QED) is 0.754. The van der Waals surface area contributed by atoms with Gasteiger partial charge in [-0.15, -0.1) is 0 Å². The Bertz CT molecular complexity index is 603. The Morgan fingerprint density at radius 2 is 2.05 bits per heavy atom. The third-order valence-corrected chi connectivity index (χ3v) is 3.43. The van der Waals surface area contributed by atoms with E-state index >= 15 is 0 Å². The minimum absolute atomic E-state index is 0.00978. The van der Waals surface area contributed by atoms with Gasteiger partial charge in [0.15, 0.2) is 0 Å². The Kier molecular flexibility index (Phi) is 4.42. The lowest BCUT2D eigenvalue weighted by Gasteiger charge is -2.19. The molecule has 1 aromatic heterocycles. The zero-order chi connectivity index (χ0) is 14.7. The van der Waals surface area contributed by atoms with E-state index in [1.54, 1.807) is 12.1 Å². The van der Waals surface area contributed by atoms with Crippen LogP contribution in [-0.2, 0) is 6.54 Å². The molecular formula is C15H19NO4. The van der Waals surface area contributed by atoms with Crippen molar-refractivity contribution in [3.63, 3.8) is 0 Å².